The van der Waals surface area contributed by atoms with E-state index in [2.05, 4.69) is 15.9 Å². The van der Waals surface area contributed by atoms with Crippen LogP contribution < -0.4 is 10.5 Å². The van der Waals surface area contributed by atoms with Crippen molar-refractivity contribution < 1.29 is 17.9 Å². The molecule has 19 heavy (non-hydrogen) atoms. The zero-order valence-electron chi connectivity index (χ0n) is 9.59. The molecule has 0 bridgehead atoms. The van der Waals surface area contributed by atoms with E-state index in [9.17, 15) is 13.2 Å². The molecule has 2 aromatic carbocycles. The molecule has 2 rings (SSSR count). The summed E-state index contributed by atoms with van der Waals surface area (Å²) < 4.78 is 45.3. The molecule has 0 radical (unpaired) electrons. The van der Waals surface area contributed by atoms with Crippen LogP contribution in [0, 0.1) is 17.5 Å². The van der Waals surface area contributed by atoms with Crippen LogP contribution >= 0.6 is 15.9 Å². The van der Waals surface area contributed by atoms with Gasteiger partial charge in [-0.05, 0) is 34.1 Å². The number of hydrogen-bond donors (Lipinski definition) is 1. The van der Waals surface area contributed by atoms with E-state index in [1.807, 2.05) is 0 Å². The summed E-state index contributed by atoms with van der Waals surface area (Å²) in [7, 11) is 0. The van der Waals surface area contributed by atoms with Crippen molar-refractivity contribution in [1.29, 1.82) is 0 Å². The van der Waals surface area contributed by atoms with Gasteiger partial charge in [0.2, 0.25) is 0 Å². The summed E-state index contributed by atoms with van der Waals surface area (Å²) in [6.45, 7) is -0.340. The number of nitrogen functional groups attached to an aromatic ring is 1. The maximum Gasteiger partial charge on any atom is 0.157 e. The van der Waals surface area contributed by atoms with Gasteiger partial charge in [0, 0.05) is 6.07 Å². The van der Waals surface area contributed by atoms with Crippen LogP contribution in [0.15, 0.2) is 34.8 Å². The van der Waals surface area contributed by atoms with E-state index in [1.165, 1.54) is 6.07 Å². The summed E-state index contributed by atoms with van der Waals surface area (Å²) in [4.78, 5) is 0. The van der Waals surface area contributed by atoms with Gasteiger partial charge in [0.25, 0.3) is 0 Å². The van der Waals surface area contributed by atoms with Crippen LogP contribution in [0.2, 0.25) is 0 Å². The number of anilines is 1. The molecule has 6 heteroatoms. The van der Waals surface area contributed by atoms with Crippen molar-refractivity contribution in [3.63, 3.8) is 0 Å². The van der Waals surface area contributed by atoms with E-state index >= 15 is 0 Å². The highest BCUT2D eigenvalue weighted by molar-refractivity contribution is 9.10. The second kappa shape index (κ2) is 5.52. The minimum Gasteiger partial charge on any atom is -0.485 e. The van der Waals surface area contributed by atoms with Gasteiger partial charge in [-0.1, -0.05) is 6.07 Å². The zero-order chi connectivity index (χ0) is 14.0. The average Bonchev–Trinajstić information content (AvgIpc) is 2.31. The molecule has 0 saturated carbocycles. The Morgan fingerprint density at radius 2 is 1.74 bits per heavy atom. The Kier molecular flexibility index (Phi) is 3.99. The van der Waals surface area contributed by atoms with E-state index in [0.717, 1.165) is 24.3 Å². The fourth-order valence-corrected chi connectivity index (χ4v) is 2.11. The van der Waals surface area contributed by atoms with Crippen molar-refractivity contribution in [3.8, 4) is 5.75 Å². The minimum absolute atomic E-state index is 0.0450. The Bertz CT molecular complexity index is 576. The molecule has 0 amide bonds. The molecule has 0 unspecified atom stereocenters. The van der Waals surface area contributed by atoms with Crippen molar-refractivity contribution in [3.05, 3.63) is 57.8 Å². The molecule has 0 aliphatic heterocycles. The van der Waals surface area contributed by atoms with E-state index in [1.54, 1.807) is 0 Å². The molecular weight excluding hydrogens is 323 g/mol. The van der Waals surface area contributed by atoms with Crippen LogP contribution in [-0.4, -0.2) is 0 Å². The summed E-state index contributed by atoms with van der Waals surface area (Å²) in [5.41, 5.74) is 5.41. The maximum atomic E-state index is 13.4. The predicted octanol–water partition coefficient (Wildman–Crippen LogP) is 4.03. The lowest BCUT2D eigenvalue weighted by Crippen LogP contribution is -2.04. The molecule has 0 spiro atoms. The number of hydrogen-bond acceptors (Lipinski definition) is 2. The Morgan fingerprint density at radius 3 is 2.32 bits per heavy atom. The molecule has 0 heterocycles. The fourth-order valence-electron chi connectivity index (χ4n) is 1.55. The average molecular weight is 332 g/mol. The molecule has 0 atom stereocenters. The van der Waals surface area contributed by atoms with Crippen LogP contribution in [0.1, 0.15) is 5.56 Å². The van der Waals surface area contributed by atoms with E-state index in [0.29, 0.717) is 0 Å². The van der Waals surface area contributed by atoms with Gasteiger partial charge < -0.3 is 10.5 Å². The van der Waals surface area contributed by atoms with Crippen molar-refractivity contribution in [2.45, 2.75) is 6.61 Å². The standard InChI is InChI=1S/C13H9BrF3NO/c14-9-4-7(15)5-12(18)13(9)19-6-8-10(16)2-1-3-11(8)17/h1-5H,6,18H2. The normalized spacial score (nSPS) is 10.5. The summed E-state index contributed by atoms with van der Waals surface area (Å²) in [5, 5.41) is 0. The first-order chi connectivity index (χ1) is 8.99. The quantitative estimate of drug-likeness (QED) is 0.862. The highest BCUT2D eigenvalue weighted by atomic mass is 79.9. The molecular formula is C13H9BrF3NO. The van der Waals surface area contributed by atoms with E-state index in [-0.39, 0.29) is 28.1 Å². The first kappa shape index (κ1) is 13.7. The van der Waals surface area contributed by atoms with Crippen LogP contribution in [-0.2, 0) is 6.61 Å². The lowest BCUT2D eigenvalue weighted by Gasteiger charge is -2.12. The van der Waals surface area contributed by atoms with Crippen LogP contribution in [0.5, 0.6) is 5.75 Å². The molecule has 100 valence electrons. The van der Waals surface area contributed by atoms with Gasteiger partial charge in [-0.2, -0.15) is 0 Å². The number of ether oxygens (including phenoxy) is 1. The summed E-state index contributed by atoms with van der Waals surface area (Å²) in [6.07, 6.45) is 0. The van der Waals surface area contributed by atoms with Crippen molar-refractivity contribution in [2.75, 3.05) is 5.73 Å². The number of halogens is 4. The second-order valence-corrected chi connectivity index (χ2v) is 4.65. The first-order valence-corrected chi connectivity index (χ1v) is 6.08. The Balaban J connectivity index is 2.24. The van der Waals surface area contributed by atoms with Crippen LogP contribution in [0.25, 0.3) is 0 Å². The van der Waals surface area contributed by atoms with E-state index < -0.39 is 17.5 Å². The number of rotatable bonds is 3. The molecule has 0 aliphatic carbocycles. The Morgan fingerprint density at radius 1 is 1.11 bits per heavy atom. The SMILES string of the molecule is Nc1cc(F)cc(Br)c1OCc1c(F)cccc1F. The van der Waals surface area contributed by atoms with Crippen molar-refractivity contribution in [2.24, 2.45) is 0 Å². The van der Waals surface area contributed by atoms with Gasteiger partial charge >= 0.3 is 0 Å². The summed E-state index contributed by atoms with van der Waals surface area (Å²) >= 11 is 3.08. The van der Waals surface area contributed by atoms with Gasteiger partial charge in [-0.15, -0.1) is 0 Å². The molecule has 2 nitrogen and oxygen atoms in total. The van der Waals surface area contributed by atoms with Crippen molar-refractivity contribution in [1.82, 2.24) is 0 Å². The maximum absolute atomic E-state index is 13.4. The molecule has 0 aliphatic rings. The third-order valence-electron chi connectivity index (χ3n) is 2.46. The van der Waals surface area contributed by atoms with E-state index in [4.69, 9.17) is 10.5 Å². The monoisotopic (exact) mass is 331 g/mol. The summed E-state index contributed by atoms with van der Waals surface area (Å²) in [6, 6.07) is 5.74. The van der Waals surface area contributed by atoms with Gasteiger partial charge in [-0.3, -0.25) is 0 Å². The van der Waals surface area contributed by atoms with Gasteiger partial charge in [-0.25, -0.2) is 13.2 Å². The minimum atomic E-state index is -0.711. The first-order valence-electron chi connectivity index (χ1n) is 5.29. The third kappa shape index (κ3) is 3.01. The fraction of sp³-hybridized carbons (Fsp3) is 0.0769. The lowest BCUT2D eigenvalue weighted by molar-refractivity contribution is 0.292. The smallest absolute Gasteiger partial charge is 0.157 e. The number of nitrogens with two attached hydrogens (primary N) is 1. The van der Waals surface area contributed by atoms with Gasteiger partial charge in [0.05, 0.1) is 15.7 Å². The predicted molar refractivity (Wildman–Crippen MR) is 69.2 cm³/mol. The summed E-state index contributed by atoms with van der Waals surface area (Å²) in [5.74, 6) is -1.81. The molecule has 0 aromatic heterocycles. The largest absolute Gasteiger partial charge is 0.485 e. The van der Waals surface area contributed by atoms with Crippen molar-refractivity contribution >= 4 is 21.6 Å². The molecule has 2 N–H and O–H groups in total. The number of benzene rings is 2. The highest BCUT2D eigenvalue weighted by Crippen LogP contribution is 2.33. The zero-order valence-corrected chi connectivity index (χ0v) is 11.2. The second-order valence-electron chi connectivity index (χ2n) is 3.79. The van der Waals surface area contributed by atoms with Crippen LogP contribution in [0.4, 0.5) is 18.9 Å². The topological polar surface area (TPSA) is 35.2 Å². The van der Waals surface area contributed by atoms with Gasteiger partial charge in [0.15, 0.2) is 5.75 Å². The molecule has 0 fully saturated rings. The van der Waals surface area contributed by atoms with Gasteiger partial charge in [0.1, 0.15) is 24.1 Å². The molecule has 0 saturated heterocycles. The Hall–Kier alpha value is -1.69. The third-order valence-corrected chi connectivity index (χ3v) is 3.05. The van der Waals surface area contributed by atoms with Crippen LogP contribution in [0.3, 0.4) is 0 Å². The molecule has 2 aromatic rings. The highest BCUT2D eigenvalue weighted by Gasteiger charge is 2.13. The lowest BCUT2D eigenvalue weighted by atomic mass is 10.2. The Labute approximate surface area is 116 Å².